The van der Waals surface area contributed by atoms with Gasteiger partial charge in [-0.15, -0.1) is 24.8 Å². The van der Waals surface area contributed by atoms with Crippen molar-refractivity contribution in [2.45, 2.75) is 45.7 Å². The van der Waals surface area contributed by atoms with E-state index in [2.05, 4.69) is 24.1 Å². The number of carbonyl (C=O) groups excluding carboxylic acids is 1. The average molecular weight is 498 g/mol. The number of nitrogens with one attached hydrogen (secondary N) is 1. The Hall–Kier alpha value is -2.06. The molecule has 1 atom stereocenters. The highest BCUT2D eigenvalue weighted by molar-refractivity contribution is 6.06. The highest BCUT2D eigenvalue weighted by Gasteiger charge is 2.24. The van der Waals surface area contributed by atoms with Crippen molar-refractivity contribution in [1.82, 2.24) is 15.2 Å². The number of rotatable bonds is 7. The number of furan rings is 1. The Bertz CT molecular complexity index is 1090. The number of piperidine rings is 1. The van der Waals surface area contributed by atoms with E-state index in [0.29, 0.717) is 41.8 Å². The molecular weight excluding hydrogens is 465 g/mol. The van der Waals surface area contributed by atoms with Crippen LogP contribution in [0.15, 0.2) is 28.7 Å². The second-order valence-electron chi connectivity index (χ2n) is 8.49. The molecule has 0 bridgehead atoms. The van der Waals surface area contributed by atoms with Crippen LogP contribution in [-0.4, -0.2) is 61.3 Å². The van der Waals surface area contributed by atoms with E-state index in [1.165, 1.54) is 0 Å². The van der Waals surface area contributed by atoms with E-state index in [1.54, 1.807) is 13.2 Å². The molecule has 4 rings (SSSR count). The third kappa shape index (κ3) is 6.09. The van der Waals surface area contributed by atoms with Crippen LogP contribution in [0.25, 0.3) is 21.9 Å². The van der Waals surface area contributed by atoms with E-state index < -0.39 is 0 Å². The van der Waals surface area contributed by atoms with Crippen molar-refractivity contribution in [3.8, 4) is 5.75 Å². The van der Waals surface area contributed by atoms with E-state index in [-0.39, 0.29) is 36.8 Å². The van der Waals surface area contributed by atoms with Crippen LogP contribution < -0.4 is 10.1 Å². The standard InChI is InChI=1S/C24H31N3O4.2ClH/c1-15(2)27-9-5-6-18(14-27)25-24(28)20-13-21(30-11-10-29-4)19-8-7-17-12-16(3)31-23(17)22(19)26-20;;/h7-8,12-13,15,18H,5-6,9-11,14H2,1-4H3,(H,25,28);2*1H/t18-;;/m1../s1. The van der Waals surface area contributed by atoms with Gasteiger partial charge in [0, 0.05) is 42.6 Å². The minimum absolute atomic E-state index is 0. The number of methoxy groups -OCH3 is 1. The summed E-state index contributed by atoms with van der Waals surface area (Å²) in [6.07, 6.45) is 2.05. The lowest BCUT2D eigenvalue weighted by Crippen LogP contribution is -2.49. The van der Waals surface area contributed by atoms with Gasteiger partial charge in [-0.25, -0.2) is 4.98 Å². The lowest BCUT2D eigenvalue weighted by atomic mass is 10.0. The molecule has 0 spiro atoms. The highest BCUT2D eigenvalue weighted by atomic mass is 35.5. The van der Waals surface area contributed by atoms with Gasteiger partial charge in [0.15, 0.2) is 5.58 Å². The van der Waals surface area contributed by atoms with E-state index in [9.17, 15) is 4.79 Å². The number of halogens is 2. The molecule has 0 radical (unpaired) electrons. The third-order valence-corrected chi connectivity index (χ3v) is 5.85. The summed E-state index contributed by atoms with van der Waals surface area (Å²) in [5, 5.41) is 4.95. The average Bonchev–Trinajstić information content (AvgIpc) is 3.14. The normalized spacial score (nSPS) is 16.5. The number of fused-ring (bicyclic) bond motifs is 3. The number of aromatic nitrogens is 1. The van der Waals surface area contributed by atoms with E-state index >= 15 is 0 Å². The number of hydrogen-bond acceptors (Lipinski definition) is 6. The minimum Gasteiger partial charge on any atom is -0.490 e. The maximum atomic E-state index is 13.2. The fourth-order valence-corrected chi connectivity index (χ4v) is 4.20. The van der Waals surface area contributed by atoms with Crippen molar-refractivity contribution in [3.63, 3.8) is 0 Å². The van der Waals surface area contributed by atoms with Gasteiger partial charge < -0.3 is 19.2 Å². The summed E-state index contributed by atoms with van der Waals surface area (Å²) >= 11 is 0. The van der Waals surface area contributed by atoms with E-state index in [0.717, 1.165) is 42.5 Å². The summed E-state index contributed by atoms with van der Waals surface area (Å²) < 4.78 is 17.0. The second-order valence-corrected chi connectivity index (χ2v) is 8.49. The van der Waals surface area contributed by atoms with Crippen molar-refractivity contribution in [3.05, 3.63) is 35.7 Å². The number of pyridine rings is 1. The second kappa shape index (κ2) is 11.9. The molecule has 1 saturated heterocycles. The minimum atomic E-state index is -0.186. The third-order valence-electron chi connectivity index (χ3n) is 5.85. The smallest absolute Gasteiger partial charge is 0.270 e. The Morgan fingerprint density at radius 1 is 1.27 bits per heavy atom. The van der Waals surface area contributed by atoms with E-state index in [1.807, 2.05) is 25.1 Å². The number of carbonyl (C=O) groups is 1. The van der Waals surface area contributed by atoms with Gasteiger partial charge in [0.1, 0.15) is 29.3 Å². The Morgan fingerprint density at radius 2 is 2.06 bits per heavy atom. The highest BCUT2D eigenvalue weighted by Crippen LogP contribution is 2.33. The fourth-order valence-electron chi connectivity index (χ4n) is 4.20. The molecule has 0 unspecified atom stereocenters. The van der Waals surface area contributed by atoms with Crippen LogP contribution in [0.5, 0.6) is 5.75 Å². The monoisotopic (exact) mass is 497 g/mol. The van der Waals surface area contributed by atoms with Gasteiger partial charge in [0.25, 0.3) is 5.91 Å². The first kappa shape index (κ1) is 27.2. The molecule has 1 fully saturated rings. The van der Waals surface area contributed by atoms with E-state index in [4.69, 9.17) is 18.9 Å². The fraction of sp³-hybridized carbons (Fsp3) is 0.500. The number of nitrogens with zero attached hydrogens (tertiary/aromatic N) is 2. The first-order valence-electron chi connectivity index (χ1n) is 11.0. The number of aryl methyl sites for hydroxylation is 1. The molecule has 1 N–H and O–H groups in total. The molecule has 7 nitrogen and oxygen atoms in total. The van der Waals surface area contributed by atoms with Crippen LogP contribution in [0, 0.1) is 6.92 Å². The molecule has 2 aromatic heterocycles. The van der Waals surface area contributed by atoms with Crippen molar-refractivity contribution in [1.29, 1.82) is 0 Å². The van der Waals surface area contributed by atoms with Crippen LogP contribution in [0.2, 0.25) is 0 Å². The van der Waals surface area contributed by atoms with Gasteiger partial charge >= 0.3 is 0 Å². The number of hydrogen-bond donors (Lipinski definition) is 1. The molecule has 9 heteroatoms. The van der Waals surface area contributed by atoms with Crippen molar-refractivity contribution in [2.75, 3.05) is 33.4 Å². The first-order chi connectivity index (χ1) is 15.0. The largest absolute Gasteiger partial charge is 0.490 e. The van der Waals surface area contributed by atoms with Crippen LogP contribution in [0.3, 0.4) is 0 Å². The number of benzene rings is 1. The quantitative estimate of drug-likeness (QED) is 0.474. The lowest BCUT2D eigenvalue weighted by molar-refractivity contribution is 0.0881. The predicted molar refractivity (Wildman–Crippen MR) is 135 cm³/mol. The summed E-state index contributed by atoms with van der Waals surface area (Å²) in [6.45, 7) is 9.06. The molecule has 3 heterocycles. The van der Waals surface area contributed by atoms with Crippen molar-refractivity contribution in [2.24, 2.45) is 0 Å². The molecule has 1 amide bonds. The molecule has 182 valence electrons. The molecular formula is C24H33Cl2N3O4. The zero-order chi connectivity index (χ0) is 22.0. The number of amides is 1. The zero-order valence-electron chi connectivity index (χ0n) is 19.6. The van der Waals surface area contributed by atoms with Crippen LogP contribution in [-0.2, 0) is 4.74 Å². The van der Waals surface area contributed by atoms with Crippen LogP contribution >= 0.6 is 24.8 Å². The Labute approximate surface area is 207 Å². The molecule has 0 saturated carbocycles. The lowest BCUT2D eigenvalue weighted by Gasteiger charge is -2.35. The van der Waals surface area contributed by atoms with Gasteiger partial charge in [-0.1, -0.05) is 6.07 Å². The zero-order valence-corrected chi connectivity index (χ0v) is 21.2. The molecule has 0 aliphatic carbocycles. The molecule has 1 aliphatic rings. The summed E-state index contributed by atoms with van der Waals surface area (Å²) in [5.74, 6) is 1.22. The summed E-state index contributed by atoms with van der Waals surface area (Å²) in [6, 6.07) is 8.22. The van der Waals surface area contributed by atoms with Gasteiger partial charge in [-0.2, -0.15) is 0 Å². The van der Waals surface area contributed by atoms with Gasteiger partial charge in [-0.05, 0) is 52.3 Å². The first-order valence-corrected chi connectivity index (χ1v) is 11.0. The van der Waals surface area contributed by atoms with Crippen molar-refractivity contribution < 1.29 is 18.7 Å². The predicted octanol–water partition coefficient (Wildman–Crippen LogP) is 4.76. The summed E-state index contributed by atoms with van der Waals surface area (Å²) in [7, 11) is 1.63. The van der Waals surface area contributed by atoms with Gasteiger partial charge in [0.2, 0.25) is 0 Å². The maximum absolute atomic E-state index is 13.2. The molecule has 1 aromatic carbocycles. The Balaban J connectivity index is 0.00000193. The topological polar surface area (TPSA) is 76.8 Å². The van der Waals surface area contributed by atoms with Gasteiger partial charge in [0.05, 0.1) is 6.61 Å². The Kier molecular flexibility index (Phi) is 9.79. The number of likely N-dealkylation sites (tertiary alicyclic amines) is 1. The SMILES string of the molecule is COCCOc1cc(C(=O)N[C@@H]2CCCN(C(C)C)C2)nc2c1ccc1cc(C)oc12.Cl.Cl. The van der Waals surface area contributed by atoms with Gasteiger partial charge in [-0.3, -0.25) is 9.69 Å². The summed E-state index contributed by atoms with van der Waals surface area (Å²) in [5.41, 5.74) is 1.64. The Morgan fingerprint density at radius 3 is 2.79 bits per heavy atom. The van der Waals surface area contributed by atoms with Crippen LogP contribution in [0.4, 0.5) is 0 Å². The molecule has 1 aliphatic heterocycles. The van der Waals surface area contributed by atoms with Crippen LogP contribution in [0.1, 0.15) is 42.9 Å². The number of ether oxygens (including phenoxy) is 2. The molecule has 3 aromatic rings. The maximum Gasteiger partial charge on any atom is 0.270 e. The summed E-state index contributed by atoms with van der Waals surface area (Å²) in [4.78, 5) is 20.2. The molecule has 33 heavy (non-hydrogen) atoms. The van der Waals surface area contributed by atoms with Crippen molar-refractivity contribution >= 4 is 52.6 Å².